The third kappa shape index (κ3) is 3.46. The van der Waals surface area contributed by atoms with E-state index in [1.54, 1.807) is 0 Å². The minimum absolute atomic E-state index is 0.475. The Bertz CT molecular complexity index is 394. The van der Waals surface area contributed by atoms with Gasteiger partial charge in [-0.1, -0.05) is 37.6 Å². The summed E-state index contributed by atoms with van der Waals surface area (Å²) < 4.78 is 0. The number of halogens is 1. The van der Waals surface area contributed by atoms with Gasteiger partial charge in [0, 0.05) is 17.6 Å². The van der Waals surface area contributed by atoms with Crippen LogP contribution < -0.4 is 5.32 Å². The van der Waals surface area contributed by atoms with Gasteiger partial charge in [-0.05, 0) is 48.8 Å². The number of nitrogens with one attached hydrogen (secondary N) is 1. The summed E-state index contributed by atoms with van der Waals surface area (Å²) in [5.41, 5.74) is 3.02. The van der Waals surface area contributed by atoms with Crippen molar-refractivity contribution in [3.05, 3.63) is 34.3 Å². The van der Waals surface area contributed by atoms with Crippen LogP contribution in [0.15, 0.2) is 18.2 Å². The molecule has 1 nitrogen and oxygen atoms in total. The van der Waals surface area contributed by atoms with Gasteiger partial charge in [0.1, 0.15) is 0 Å². The van der Waals surface area contributed by atoms with Gasteiger partial charge in [-0.15, -0.1) is 0 Å². The molecule has 1 aromatic carbocycles. The fraction of sp³-hybridized carbons (Fsp3) is 0.600. The van der Waals surface area contributed by atoms with Crippen molar-refractivity contribution < 1.29 is 0 Å². The number of aryl methyl sites for hydroxylation is 1. The van der Waals surface area contributed by atoms with E-state index in [0.29, 0.717) is 11.5 Å². The van der Waals surface area contributed by atoms with E-state index in [4.69, 9.17) is 11.6 Å². The van der Waals surface area contributed by atoms with Gasteiger partial charge in [0.15, 0.2) is 0 Å². The van der Waals surface area contributed by atoms with E-state index in [-0.39, 0.29) is 0 Å². The van der Waals surface area contributed by atoms with Crippen molar-refractivity contribution in [2.75, 3.05) is 6.54 Å². The number of hydrogen-bond acceptors (Lipinski definition) is 1. The van der Waals surface area contributed by atoms with Crippen LogP contribution in [0.3, 0.4) is 0 Å². The largest absolute Gasteiger partial charge is 0.314 e. The Morgan fingerprint density at radius 1 is 1.35 bits per heavy atom. The SMILES string of the molecule is Cc1ccc(CC2(CNC(C)C)CC2)c(Cl)c1. The molecule has 94 valence electrons. The Morgan fingerprint density at radius 3 is 2.59 bits per heavy atom. The predicted octanol–water partition coefficient (Wildman–Crippen LogP) is 3.97. The first-order valence-corrected chi connectivity index (χ1v) is 6.87. The minimum atomic E-state index is 0.475. The van der Waals surface area contributed by atoms with Crippen LogP contribution >= 0.6 is 11.6 Å². The lowest BCUT2D eigenvalue weighted by atomic mass is 9.95. The molecule has 0 unspecified atom stereocenters. The van der Waals surface area contributed by atoms with E-state index in [0.717, 1.165) is 18.0 Å². The van der Waals surface area contributed by atoms with Crippen LogP contribution in [0.4, 0.5) is 0 Å². The standard InChI is InChI=1S/C15H22ClN/c1-11(2)17-10-15(6-7-15)9-13-5-4-12(3)8-14(13)16/h4-5,8,11,17H,6-7,9-10H2,1-3H3. The summed E-state index contributed by atoms with van der Waals surface area (Å²) in [5, 5.41) is 4.49. The van der Waals surface area contributed by atoms with Crippen LogP contribution in [0.2, 0.25) is 5.02 Å². The van der Waals surface area contributed by atoms with Crippen LogP contribution in [-0.2, 0) is 6.42 Å². The molecule has 0 amide bonds. The highest BCUT2D eigenvalue weighted by Gasteiger charge is 2.42. The Balaban J connectivity index is 2.00. The molecule has 1 aromatic rings. The maximum Gasteiger partial charge on any atom is 0.0440 e. The Morgan fingerprint density at radius 2 is 2.06 bits per heavy atom. The van der Waals surface area contributed by atoms with Gasteiger partial charge in [0.2, 0.25) is 0 Å². The highest BCUT2D eigenvalue weighted by molar-refractivity contribution is 6.31. The molecule has 0 heterocycles. The summed E-state index contributed by atoms with van der Waals surface area (Å²) in [4.78, 5) is 0. The highest BCUT2D eigenvalue weighted by Crippen LogP contribution is 2.48. The zero-order chi connectivity index (χ0) is 12.5. The van der Waals surface area contributed by atoms with Crippen LogP contribution in [0.1, 0.15) is 37.8 Å². The Kier molecular flexibility index (Phi) is 3.79. The van der Waals surface area contributed by atoms with Crippen LogP contribution in [0.5, 0.6) is 0 Å². The van der Waals surface area contributed by atoms with E-state index >= 15 is 0 Å². The molecule has 0 atom stereocenters. The molecular weight excluding hydrogens is 230 g/mol. The first kappa shape index (κ1) is 12.9. The molecule has 1 aliphatic rings. The van der Waals surface area contributed by atoms with Gasteiger partial charge in [-0.3, -0.25) is 0 Å². The highest BCUT2D eigenvalue weighted by atomic mass is 35.5. The Hall–Kier alpha value is -0.530. The second kappa shape index (κ2) is 4.99. The zero-order valence-corrected chi connectivity index (χ0v) is 11.8. The molecule has 0 spiro atoms. The van der Waals surface area contributed by atoms with Gasteiger partial charge in [-0.25, -0.2) is 0 Å². The minimum Gasteiger partial charge on any atom is -0.314 e. The van der Waals surface area contributed by atoms with E-state index < -0.39 is 0 Å². The van der Waals surface area contributed by atoms with Crippen molar-refractivity contribution in [1.82, 2.24) is 5.32 Å². The lowest BCUT2D eigenvalue weighted by Gasteiger charge is -2.19. The second-order valence-corrected chi connectivity index (χ2v) is 6.21. The Labute approximate surface area is 110 Å². The van der Waals surface area contributed by atoms with E-state index in [9.17, 15) is 0 Å². The van der Waals surface area contributed by atoms with Gasteiger partial charge < -0.3 is 5.32 Å². The monoisotopic (exact) mass is 251 g/mol. The molecule has 0 aromatic heterocycles. The van der Waals surface area contributed by atoms with Crippen molar-refractivity contribution in [1.29, 1.82) is 0 Å². The fourth-order valence-electron chi connectivity index (χ4n) is 2.21. The first-order valence-electron chi connectivity index (χ1n) is 6.49. The smallest absolute Gasteiger partial charge is 0.0440 e. The average Bonchev–Trinajstić information content (AvgIpc) is 3.00. The van der Waals surface area contributed by atoms with Crippen LogP contribution in [0.25, 0.3) is 0 Å². The topological polar surface area (TPSA) is 12.0 Å². The van der Waals surface area contributed by atoms with Gasteiger partial charge in [0.05, 0.1) is 0 Å². The second-order valence-electron chi connectivity index (χ2n) is 5.81. The predicted molar refractivity (Wildman–Crippen MR) is 74.7 cm³/mol. The van der Waals surface area contributed by atoms with E-state index in [2.05, 4.69) is 44.3 Å². The summed E-state index contributed by atoms with van der Waals surface area (Å²) in [6.07, 6.45) is 3.78. The van der Waals surface area contributed by atoms with E-state index in [1.165, 1.54) is 24.0 Å². The van der Waals surface area contributed by atoms with Crippen molar-refractivity contribution in [3.8, 4) is 0 Å². The molecule has 1 N–H and O–H groups in total. The zero-order valence-electron chi connectivity index (χ0n) is 11.0. The number of benzene rings is 1. The number of rotatable bonds is 5. The van der Waals surface area contributed by atoms with Crippen LogP contribution in [-0.4, -0.2) is 12.6 Å². The summed E-state index contributed by atoms with van der Waals surface area (Å²) in [6.45, 7) is 7.61. The van der Waals surface area contributed by atoms with Crippen LogP contribution in [0, 0.1) is 12.3 Å². The maximum absolute atomic E-state index is 6.31. The molecule has 1 aliphatic carbocycles. The summed E-state index contributed by atoms with van der Waals surface area (Å²) in [5.74, 6) is 0. The van der Waals surface area contributed by atoms with E-state index in [1.807, 2.05) is 0 Å². The average molecular weight is 252 g/mol. The van der Waals surface area contributed by atoms with Crippen molar-refractivity contribution in [2.24, 2.45) is 5.41 Å². The molecular formula is C15H22ClN. The normalized spacial score (nSPS) is 17.5. The van der Waals surface area contributed by atoms with Crippen molar-refractivity contribution >= 4 is 11.6 Å². The summed E-state index contributed by atoms with van der Waals surface area (Å²) in [6, 6.07) is 6.99. The van der Waals surface area contributed by atoms with Gasteiger partial charge in [-0.2, -0.15) is 0 Å². The third-order valence-electron chi connectivity index (χ3n) is 3.62. The lowest BCUT2D eigenvalue weighted by Crippen LogP contribution is -2.31. The van der Waals surface area contributed by atoms with Gasteiger partial charge in [0.25, 0.3) is 0 Å². The number of hydrogen-bond donors (Lipinski definition) is 1. The lowest BCUT2D eigenvalue weighted by molar-refractivity contribution is 0.429. The summed E-state index contributed by atoms with van der Waals surface area (Å²) in [7, 11) is 0. The maximum atomic E-state index is 6.31. The van der Waals surface area contributed by atoms with Crippen molar-refractivity contribution in [2.45, 2.75) is 46.1 Å². The summed E-state index contributed by atoms with van der Waals surface area (Å²) >= 11 is 6.31. The molecule has 17 heavy (non-hydrogen) atoms. The first-order chi connectivity index (χ1) is 8.01. The molecule has 1 saturated carbocycles. The molecule has 1 fully saturated rings. The quantitative estimate of drug-likeness (QED) is 0.835. The molecule has 0 bridgehead atoms. The molecule has 0 saturated heterocycles. The molecule has 2 heteroatoms. The van der Waals surface area contributed by atoms with Gasteiger partial charge >= 0.3 is 0 Å². The third-order valence-corrected chi connectivity index (χ3v) is 3.97. The molecule has 0 radical (unpaired) electrons. The van der Waals surface area contributed by atoms with Crippen molar-refractivity contribution in [3.63, 3.8) is 0 Å². The fourth-order valence-corrected chi connectivity index (χ4v) is 2.52. The molecule has 2 rings (SSSR count). The molecule has 0 aliphatic heterocycles.